The normalized spacial score (nSPS) is 21.4. The summed E-state index contributed by atoms with van der Waals surface area (Å²) < 4.78 is 11.3. The summed E-state index contributed by atoms with van der Waals surface area (Å²) >= 11 is 5.86. The third-order valence-corrected chi connectivity index (χ3v) is 4.02. The molecule has 3 N–H and O–H groups in total. The molecule has 1 aromatic rings. The number of aliphatic hydroxyl groups is 1. The first-order chi connectivity index (χ1) is 10.1. The molecular weight excluding hydrogens is 290 g/mol. The second-order valence-electron chi connectivity index (χ2n) is 5.58. The van der Waals surface area contributed by atoms with Gasteiger partial charge in [0, 0.05) is 11.6 Å². The molecule has 0 amide bonds. The molecule has 21 heavy (non-hydrogen) atoms. The van der Waals surface area contributed by atoms with E-state index < -0.39 is 6.10 Å². The van der Waals surface area contributed by atoms with Gasteiger partial charge in [0.1, 0.15) is 25.3 Å². The van der Waals surface area contributed by atoms with Gasteiger partial charge in [-0.25, -0.2) is 0 Å². The van der Waals surface area contributed by atoms with E-state index in [2.05, 4.69) is 5.32 Å². The zero-order chi connectivity index (χ0) is 15.1. The second kappa shape index (κ2) is 8.71. The van der Waals surface area contributed by atoms with Crippen molar-refractivity contribution in [3.05, 3.63) is 34.9 Å². The van der Waals surface area contributed by atoms with E-state index in [9.17, 15) is 5.11 Å². The van der Waals surface area contributed by atoms with E-state index in [-0.39, 0.29) is 6.10 Å². The highest BCUT2D eigenvalue weighted by Crippen LogP contribution is 2.19. The molecule has 2 rings (SSSR count). The van der Waals surface area contributed by atoms with Gasteiger partial charge >= 0.3 is 0 Å². The number of rotatable bonds is 8. The van der Waals surface area contributed by atoms with Crippen molar-refractivity contribution in [1.82, 2.24) is 0 Å². The monoisotopic (exact) mass is 314 g/mol. The predicted molar refractivity (Wildman–Crippen MR) is 82.5 cm³/mol. The minimum Gasteiger partial charge on any atom is -0.385 e. The SMILES string of the molecule is C[C@H](OC[C@@H](O)C[NH2+]C[C@@H]1CCCO1)c1ccc(Cl)cc1. The Morgan fingerprint density at radius 1 is 1.43 bits per heavy atom. The number of aliphatic hydroxyl groups excluding tert-OH is 1. The van der Waals surface area contributed by atoms with E-state index in [1.165, 1.54) is 0 Å². The average molecular weight is 315 g/mol. The van der Waals surface area contributed by atoms with Gasteiger partial charge in [0.05, 0.1) is 12.7 Å². The summed E-state index contributed by atoms with van der Waals surface area (Å²) in [6.45, 7) is 4.76. The predicted octanol–water partition coefficient (Wildman–Crippen LogP) is 1.52. The van der Waals surface area contributed by atoms with E-state index in [1.807, 2.05) is 31.2 Å². The van der Waals surface area contributed by atoms with E-state index >= 15 is 0 Å². The molecule has 5 heteroatoms. The first-order valence-corrected chi connectivity index (χ1v) is 8.01. The van der Waals surface area contributed by atoms with Crippen LogP contribution in [0.25, 0.3) is 0 Å². The van der Waals surface area contributed by atoms with Gasteiger partial charge in [-0.15, -0.1) is 0 Å². The number of nitrogens with two attached hydrogens (primary N) is 1. The summed E-state index contributed by atoms with van der Waals surface area (Å²) in [6, 6.07) is 7.59. The van der Waals surface area contributed by atoms with Gasteiger partial charge in [0.2, 0.25) is 0 Å². The maximum Gasteiger partial charge on any atom is 0.126 e. The molecule has 1 aliphatic rings. The van der Waals surface area contributed by atoms with Crippen LogP contribution >= 0.6 is 11.6 Å². The highest BCUT2D eigenvalue weighted by molar-refractivity contribution is 6.30. The summed E-state index contributed by atoms with van der Waals surface area (Å²) in [6.07, 6.45) is 2.14. The van der Waals surface area contributed by atoms with Gasteiger partial charge in [-0.1, -0.05) is 23.7 Å². The molecule has 3 atom stereocenters. The largest absolute Gasteiger partial charge is 0.385 e. The lowest BCUT2D eigenvalue weighted by Crippen LogP contribution is -2.88. The fraction of sp³-hybridized carbons (Fsp3) is 0.625. The summed E-state index contributed by atoms with van der Waals surface area (Å²) in [5.74, 6) is 0. The van der Waals surface area contributed by atoms with E-state index in [0.29, 0.717) is 19.3 Å². The Morgan fingerprint density at radius 2 is 2.19 bits per heavy atom. The third kappa shape index (κ3) is 5.93. The molecule has 1 heterocycles. The van der Waals surface area contributed by atoms with Crippen molar-refractivity contribution in [2.75, 3.05) is 26.3 Å². The highest BCUT2D eigenvalue weighted by Gasteiger charge is 2.18. The Hall–Kier alpha value is -0.650. The first-order valence-electron chi connectivity index (χ1n) is 7.63. The maximum atomic E-state index is 9.94. The Morgan fingerprint density at radius 3 is 2.86 bits per heavy atom. The van der Waals surface area contributed by atoms with Crippen molar-refractivity contribution in [3.63, 3.8) is 0 Å². The summed E-state index contributed by atoms with van der Waals surface area (Å²) in [4.78, 5) is 0. The van der Waals surface area contributed by atoms with Crippen molar-refractivity contribution in [1.29, 1.82) is 0 Å². The Balaban J connectivity index is 1.61. The number of hydrogen-bond donors (Lipinski definition) is 2. The quantitative estimate of drug-likeness (QED) is 0.765. The lowest BCUT2D eigenvalue weighted by atomic mass is 10.1. The van der Waals surface area contributed by atoms with E-state index in [0.717, 1.165) is 36.6 Å². The van der Waals surface area contributed by atoms with Gasteiger partial charge in [-0.3, -0.25) is 0 Å². The van der Waals surface area contributed by atoms with Gasteiger partial charge in [0.25, 0.3) is 0 Å². The second-order valence-corrected chi connectivity index (χ2v) is 6.01. The van der Waals surface area contributed by atoms with Crippen molar-refractivity contribution in [2.45, 2.75) is 38.1 Å². The van der Waals surface area contributed by atoms with Gasteiger partial charge in [0.15, 0.2) is 0 Å². The number of quaternary nitrogens is 1. The Kier molecular flexibility index (Phi) is 6.93. The molecule has 1 aliphatic heterocycles. The topological polar surface area (TPSA) is 55.3 Å². The summed E-state index contributed by atoms with van der Waals surface area (Å²) in [7, 11) is 0. The molecule has 0 aromatic heterocycles. The van der Waals surface area contributed by atoms with Crippen LogP contribution in [0.5, 0.6) is 0 Å². The van der Waals surface area contributed by atoms with E-state index in [1.54, 1.807) is 0 Å². The zero-order valence-corrected chi connectivity index (χ0v) is 13.3. The van der Waals surface area contributed by atoms with Crippen LogP contribution in [-0.2, 0) is 9.47 Å². The summed E-state index contributed by atoms with van der Waals surface area (Å²) in [5, 5.41) is 12.8. The van der Waals surface area contributed by atoms with Gasteiger partial charge < -0.3 is 19.9 Å². The molecular formula is C16H25ClNO3+. The van der Waals surface area contributed by atoms with E-state index in [4.69, 9.17) is 21.1 Å². The molecule has 0 saturated carbocycles. The van der Waals surface area contributed by atoms with Gasteiger partial charge in [-0.2, -0.15) is 0 Å². The summed E-state index contributed by atoms with van der Waals surface area (Å²) in [5.41, 5.74) is 1.06. The number of benzene rings is 1. The first kappa shape index (κ1) is 16.7. The van der Waals surface area contributed by atoms with Crippen LogP contribution in [-0.4, -0.2) is 43.6 Å². The molecule has 0 aliphatic carbocycles. The highest BCUT2D eigenvalue weighted by atomic mass is 35.5. The van der Waals surface area contributed by atoms with Crippen LogP contribution in [0.2, 0.25) is 5.02 Å². The standard InChI is InChI=1S/C16H24ClNO3/c1-12(13-4-6-14(17)7-5-13)21-11-15(19)9-18-10-16-3-2-8-20-16/h4-7,12,15-16,18-19H,2-3,8-11H2,1H3/p+1/t12-,15-,16-/m0/s1. The average Bonchev–Trinajstić information content (AvgIpc) is 2.99. The van der Waals surface area contributed by atoms with Crippen LogP contribution in [0.15, 0.2) is 24.3 Å². The fourth-order valence-electron chi connectivity index (χ4n) is 2.46. The van der Waals surface area contributed by atoms with Crippen LogP contribution in [0.3, 0.4) is 0 Å². The molecule has 4 nitrogen and oxygen atoms in total. The molecule has 0 unspecified atom stereocenters. The third-order valence-electron chi connectivity index (χ3n) is 3.77. The number of hydrogen-bond acceptors (Lipinski definition) is 3. The smallest absolute Gasteiger partial charge is 0.126 e. The fourth-order valence-corrected chi connectivity index (χ4v) is 2.58. The molecule has 118 valence electrons. The Labute approximate surface area is 131 Å². The Bertz CT molecular complexity index is 406. The molecule has 1 saturated heterocycles. The lowest BCUT2D eigenvalue weighted by Gasteiger charge is -2.17. The van der Waals surface area contributed by atoms with Crippen LogP contribution < -0.4 is 5.32 Å². The lowest BCUT2D eigenvalue weighted by molar-refractivity contribution is -0.667. The van der Waals surface area contributed by atoms with Crippen LogP contribution in [0, 0.1) is 0 Å². The van der Waals surface area contributed by atoms with Crippen molar-refractivity contribution in [2.24, 2.45) is 0 Å². The van der Waals surface area contributed by atoms with Crippen molar-refractivity contribution >= 4 is 11.6 Å². The van der Waals surface area contributed by atoms with Crippen molar-refractivity contribution < 1.29 is 19.9 Å². The molecule has 0 spiro atoms. The number of halogens is 1. The zero-order valence-electron chi connectivity index (χ0n) is 12.5. The van der Waals surface area contributed by atoms with Crippen molar-refractivity contribution in [3.8, 4) is 0 Å². The molecule has 1 fully saturated rings. The maximum absolute atomic E-state index is 9.94. The van der Waals surface area contributed by atoms with Gasteiger partial charge in [-0.05, 0) is 37.5 Å². The minimum atomic E-state index is -0.457. The molecule has 0 radical (unpaired) electrons. The van der Waals surface area contributed by atoms with Crippen LogP contribution in [0.4, 0.5) is 0 Å². The van der Waals surface area contributed by atoms with Crippen LogP contribution in [0.1, 0.15) is 31.4 Å². The number of ether oxygens (including phenoxy) is 2. The molecule has 0 bridgehead atoms. The molecule has 1 aromatic carbocycles. The minimum absolute atomic E-state index is 0.0462.